The Morgan fingerprint density at radius 1 is 1.09 bits per heavy atom. The number of nitrogens with one attached hydrogen (secondary N) is 1. The lowest BCUT2D eigenvalue weighted by Crippen LogP contribution is -2.46. The van der Waals surface area contributed by atoms with Crippen LogP contribution in [0.3, 0.4) is 0 Å². The molecule has 1 N–H and O–H groups in total. The van der Waals surface area contributed by atoms with Crippen molar-refractivity contribution < 1.29 is 52.3 Å². The number of rotatable bonds is 13. The molecule has 1 amide bonds. The van der Waals surface area contributed by atoms with E-state index in [0.29, 0.717) is 13.0 Å². The van der Waals surface area contributed by atoms with Crippen LogP contribution in [-0.2, 0) is 44.5 Å². The molecule has 1 fully saturated rings. The van der Waals surface area contributed by atoms with Gasteiger partial charge >= 0.3 is 17.9 Å². The van der Waals surface area contributed by atoms with Gasteiger partial charge in [-0.15, -0.1) is 0 Å². The number of carbonyl (C=O) groups excluding carboxylic acids is 4. The average molecular weight is 603 g/mol. The van der Waals surface area contributed by atoms with Gasteiger partial charge in [0.2, 0.25) is 6.79 Å². The van der Waals surface area contributed by atoms with E-state index in [2.05, 4.69) is 10.3 Å². The summed E-state index contributed by atoms with van der Waals surface area (Å²) in [6.07, 6.45) is -0.0495. The lowest BCUT2D eigenvalue weighted by molar-refractivity contribution is -0.165. The molecule has 3 rings (SSSR count). The molecule has 2 aromatic rings. The van der Waals surface area contributed by atoms with Crippen LogP contribution < -0.4 is 14.8 Å². The normalized spacial score (nSPS) is 20.6. The number of amides is 1. The quantitative estimate of drug-likeness (QED) is 0.203. The first-order valence-corrected chi connectivity index (χ1v) is 13.8. The highest BCUT2D eigenvalue weighted by Gasteiger charge is 2.40. The summed E-state index contributed by atoms with van der Waals surface area (Å²) in [7, 11) is 2.68. The molecule has 0 aliphatic carbocycles. The fourth-order valence-electron chi connectivity index (χ4n) is 4.29. The van der Waals surface area contributed by atoms with E-state index in [0.717, 1.165) is 5.56 Å². The third-order valence-corrected chi connectivity index (χ3v) is 6.36. The number of nitrogens with zero attached hydrogens (tertiary/aromatic N) is 1. The number of methoxy groups -OCH3 is 2. The third-order valence-electron chi connectivity index (χ3n) is 6.36. The van der Waals surface area contributed by atoms with Crippen molar-refractivity contribution in [1.82, 2.24) is 10.3 Å². The zero-order chi connectivity index (χ0) is 31.4. The lowest BCUT2D eigenvalue weighted by Gasteiger charge is -2.30. The van der Waals surface area contributed by atoms with Gasteiger partial charge in [0.1, 0.15) is 25.4 Å². The Morgan fingerprint density at radius 2 is 1.84 bits per heavy atom. The maximum Gasteiger partial charge on any atom is 0.334 e. The Labute approximate surface area is 250 Å². The predicted molar refractivity (Wildman–Crippen MR) is 150 cm³/mol. The predicted octanol–water partition coefficient (Wildman–Crippen LogP) is 2.10. The van der Waals surface area contributed by atoms with E-state index in [1.54, 1.807) is 6.92 Å². The van der Waals surface area contributed by atoms with E-state index in [1.165, 1.54) is 26.5 Å². The average Bonchev–Trinajstić information content (AvgIpc) is 3.01. The maximum absolute atomic E-state index is 13.4. The van der Waals surface area contributed by atoms with Gasteiger partial charge in [-0.05, 0) is 24.8 Å². The Kier molecular flexibility index (Phi) is 12.7. The Hall–Kier alpha value is -4.23. The summed E-state index contributed by atoms with van der Waals surface area (Å²) in [5.74, 6) is -3.61. The SMILES string of the molecule is COCC(=O)OCOc1c(OC)ccnc1C(=O)NC1COC(=O)C(Cc2ccccc2)C(OCC(C)C)C(C)OC1=O. The van der Waals surface area contributed by atoms with Crippen LogP contribution in [-0.4, -0.2) is 87.9 Å². The molecule has 43 heavy (non-hydrogen) atoms. The molecule has 1 aromatic carbocycles. The summed E-state index contributed by atoms with van der Waals surface area (Å²) in [4.78, 5) is 55.6. The number of esters is 3. The molecular formula is C30H38N2O11. The number of pyridine rings is 1. The van der Waals surface area contributed by atoms with E-state index in [4.69, 9.17) is 33.2 Å². The van der Waals surface area contributed by atoms with Crippen molar-refractivity contribution in [3.05, 3.63) is 53.9 Å². The summed E-state index contributed by atoms with van der Waals surface area (Å²) < 4.78 is 37.7. The van der Waals surface area contributed by atoms with Crippen molar-refractivity contribution in [2.24, 2.45) is 11.8 Å². The molecule has 2 heterocycles. The molecule has 0 spiro atoms. The van der Waals surface area contributed by atoms with Crippen molar-refractivity contribution in [3.8, 4) is 11.5 Å². The minimum absolute atomic E-state index is 0.119. The topological polar surface area (TPSA) is 158 Å². The van der Waals surface area contributed by atoms with Crippen LogP contribution in [0.15, 0.2) is 42.6 Å². The first-order chi connectivity index (χ1) is 20.6. The number of aromatic nitrogens is 1. The van der Waals surface area contributed by atoms with Gasteiger partial charge in [0.15, 0.2) is 23.2 Å². The van der Waals surface area contributed by atoms with Gasteiger partial charge in [-0.1, -0.05) is 44.2 Å². The Morgan fingerprint density at radius 3 is 2.51 bits per heavy atom. The van der Waals surface area contributed by atoms with Crippen LogP contribution in [0.4, 0.5) is 0 Å². The molecule has 1 aromatic heterocycles. The highest BCUT2D eigenvalue weighted by Crippen LogP contribution is 2.30. The molecule has 4 unspecified atom stereocenters. The minimum Gasteiger partial charge on any atom is -0.493 e. The molecular weight excluding hydrogens is 564 g/mol. The Bertz CT molecular complexity index is 1240. The summed E-state index contributed by atoms with van der Waals surface area (Å²) in [5, 5.41) is 2.51. The van der Waals surface area contributed by atoms with Crippen LogP contribution in [0.25, 0.3) is 0 Å². The standard InChI is InChI=1S/C30H38N2O11/c1-18(2)14-39-26-19(3)43-30(36)22(15-40-29(35)21(26)13-20-9-7-6-8-10-20)32-28(34)25-27(23(38-5)11-12-31-25)42-17-41-24(33)16-37-4/h6-12,18-19,21-22,26H,13-17H2,1-5H3,(H,32,34). The van der Waals surface area contributed by atoms with E-state index in [-0.39, 0.29) is 29.7 Å². The van der Waals surface area contributed by atoms with Gasteiger partial charge < -0.3 is 38.5 Å². The summed E-state index contributed by atoms with van der Waals surface area (Å²) in [5.41, 5.74) is 0.615. The van der Waals surface area contributed by atoms with E-state index < -0.39 is 61.4 Å². The van der Waals surface area contributed by atoms with Crippen LogP contribution in [0.1, 0.15) is 36.8 Å². The number of hydrogen-bond donors (Lipinski definition) is 1. The fraction of sp³-hybridized carbons (Fsp3) is 0.500. The van der Waals surface area contributed by atoms with Gasteiger partial charge in [0.25, 0.3) is 5.91 Å². The Balaban J connectivity index is 1.81. The number of hydrogen-bond acceptors (Lipinski definition) is 12. The monoisotopic (exact) mass is 602 g/mol. The zero-order valence-corrected chi connectivity index (χ0v) is 24.9. The molecule has 13 nitrogen and oxygen atoms in total. The maximum atomic E-state index is 13.4. The summed E-state index contributed by atoms with van der Waals surface area (Å²) in [6.45, 7) is 4.55. The molecule has 0 saturated carbocycles. The highest BCUT2D eigenvalue weighted by molar-refractivity contribution is 5.98. The number of benzene rings is 1. The van der Waals surface area contributed by atoms with Crippen LogP contribution >= 0.6 is 0 Å². The van der Waals surface area contributed by atoms with E-state index >= 15 is 0 Å². The molecule has 0 radical (unpaired) electrons. The van der Waals surface area contributed by atoms with Gasteiger partial charge in [-0.2, -0.15) is 0 Å². The van der Waals surface area contributed by atoms with Crippen molar-refractivity contribution in [3.63, 3.8) is 0 Å². The second-order valence-electron chi connectivity index (χ2n) is 10.2. The molecule has 1 saturated heterocycles. The number of cyclic esters (lactones) is 2. The summed E-state index contributed by atoms with van der Waals surface area (Å²) >= 11 is 0. The van der Waals surface area contributed by atoms with Crippen molar-refractivity contribution in [2.45, 2.75) is 45.4 Å². The first kappa shape index (κ1) is 33.3. The summed E-state index contributed by atoms with van der Waals surface area (Å²) in [6, 6.07) is 9.44. The van der Waals surface area contributed by atoms with Crippen molar-refractivity contribution >= 4 is 23.8 Å². The van der Waals surface area contributed by atoms with Crippen LogP contribution in [0.5, 0.6) is 11.5 Å². The molecule has 1 aliphatic heterocycles. The number of carbonyl (C=O) groups is 4. The van der Waals surface area contributed by atoms with Gasteiger partial charge in [0.05, 0.1) is 13.0 Å². The van der Waals surface area contributed by atoms with E-state index in [9.17, 15) is 19.2 Å². The van der Waals surface area contributed by atoms with Crippen molar-refractivity contribution in [1.29, 1.82) is 0 Å². The smallest absolute Gasteiger partial charge is 0.334 e. The van der Waals surface area contributed by atoms with Crippen LogP contribution in [0.2, 0.25) is 0 Å². The second kappa shape index (κ2) is 16.4. The fourth-order valence-corrected chi connectivity index (χ4v) is 4.29. The van der Waals surface area contributed by atoms with Crippen molar-refractivity contribution in [2.75, 3.05) is 40.8 Å². The van der Waals surface area contributed by atoms with Crippen LogP contribution in [0, 0.1) is 11.8 Å². The molecule has 13 heteroatoms. The largest absolute Gasteiger partial charge is 0.493 e. The molecule has 0 bridgehead atoms. The minimum atomic E-state index is -1.37. The highest BCUT2D eigenvalue weighted by atomic mass is 16.7. The first-order valence-electron chi connectivity index (χ1n) is 13.8. The molecule has 4 atom stereocenters. The lowest BCUT2D eigenvalue weighted by atomic mass is 9.91. The third kappa shape index (κ3) is 9.65. The molecule has 1 aliphatic rings. The zero-order valence-electron chi connectivity index (χ0n) is 24.9. The van der Waals surface area contributed by atoms with Gasteiger partial charge in [0, 0.05) is 26.0 Å². The second-order valence-corrected chi connectivity index (χ2v) is 10.2. The number of ether oxygens (including phenoxy) is 7. The molecule has 234 valence electrons. The van der Waals surface area contributed by atoms with Gasteiger partial charge in [-0.25, -0.2) is 14.6 Å². The van der Waals surface area contributed by atoms with Gasteiger partial charge in [-0.3, -0.25) is 9.59 Å². The van der Waals surface area contributed by atoms with E-state index in [1.807, 2.05) is 44.2 Å².